The van der Waals surface area contributed by atoms with E-state index in [1.165, 1.54) is 6.07 Å². The van der Waals surface area contributed by atoms with E-state index in [2.05, 4.69) is 10.6 Å². The molecule has 102 valence electrons. The van der Waals surface area contributed by atoms with Crippen molar-refractivity contribution in [2.24, 2.45) is 0 Å². The lowest BCUT2D eigenvalue weighted by Gasteiger charge is -2.38. The van der Waals surface area contributed by atoms with E-state index in [-0.39, 0.29) is 17.5 Å². The van der Waals surface area contributed by atoms with E-state index in [4.69, 9.17) is 0 Å². The number of rotatable bonds is 0. The van der Waals surface area contributed by atoms with E-state index >= 15 is 0 Å². The first-order valence-electron chi connectivity index (χ1n) is 6.19. The summed E-state index contributed by atoms with van der Waals surface area (Å²) in [6.07, 6.45) is -3.62. The second-order valence-corrected chi connectivity index (χ2v) is 4.98. The van der Waals surface area contributed by atoms with Crippen LogP contribution in [-0.4, -0.2) is 25.0 Å². The van der Waals surface area contributed by atoms with Crippen LogP contribution in [0.4, 0.5) is 13.2 Å². The lowest BCUT2D eigenvalue weighted by atomic mass is 9.80. The summed E-state index contributed by atoms with van der Waals surface area (Å²) in [4.78, 5) is 11.9. The largest absolute Gasteiger partial charge is 0.416 e. The van der Waals surface area contributed by atoms with Crippen molar-refractivity contribution in [1.29, 1.82) is 0 Å². The third kappa shape index (κ3) is 2.10. The molecule has 0 aliphatic carbocycles. The molecule has 1 aromatic rings. The smallest absolute Gasteiger partial charge is 0.349 e. The van der Waals surface area contributed by atoms with Gasteiger partial charge in [0.15, 0.2) is 0 Å². The number of alkyl halides is 3. The summed E-state index contributed by atoms with van der Waals surface area (Å²) in [6.45, 7) is 1.50. The van der Waals surface area contributed by atoms with Crippen LogP contribution < -0.4 is 10.6 Å². The zero-order chi connectivity index (χ0) is 13.6. The first-order chi connectivity index (χ1) is 8.97. The Labute approximate surface area is 108 Å². The molecule has 2 aliphatic rings. The molecule has 1 amide bonds. The number of carbonyl (C=O) groups is 1. The first kappa shape index (κ1) is 12.5. The maximum Gasteiger partial charge on any atom is 0.416 e. The predicted molar refractivity (Wildman–Crippen MR) is 62.9 cm³/mol. The highest BCUT2D eigenvalue weighted by atomic mass is 19.4. The van der Waals surface area contributed by atoms with Crippen molar-refractivity contribution in [3.05, 3.63) is 34.9 Å². The van der Waals surface area contributed by atoms with Crippen LogP contribution in [0.25, 0.3) is 0 Å². The Morgan fingerprint density at radius 3 is 2.79 bits per heavy atom. The molecule has 1 saturated heterocycles. The Kier molecular flexibility index (Phi) is 2.78. The van der Waals surface area contributed by atoms with Crippen molar-refractivity contribution >= 4 is 5.91 Å². The van der Waals surface area contributed by atoms with Crippen LogP contribution in [0, 0.1) is 0 Å². The van der Waals surface area contributed by atoms with Crippen molar-refractivity contribution in [1.82, 2.24) is 10.6 Å². The standard InChI is InChI=1S/C13H13F3N2O/c14-13(15,16)7-1-2-8-9(5-7)12(19)18-11-3-4-17-6-10(8)11/h1-2,5,10-11,17H,3-4,6H2,(H,18,19)/t10-,11+/m1/s1. The van der Waals surface area contributed by atoms with E-state index in [9.17, 15) is 18.0 Å². The van der Waals surface area contributed by atoms with Gasteiger partial charge in [0.2, 0.25) is 0 Å². The fourth-order valence-electron chi connectivity index (χ4n) is 2.86. The number of carbonyl (C=O) groups excluding carboxylic acids is 1. The average molecular weight is 270 g/mol. The third-order valence-corrected chi connectivity index (χ3v) is 3.82. The quantitative estimate of drug-likeness (QED) is 0.756. The number of hydrogen-bond donors (Lipinski definition) is 2. The predicted octanol–water partition coefficient (Wildman–Crippen LogP) is 1.89. The van der Waals surface area contributed by atoms with Gasteiger partial charge in [-0.25, -0.2) is 0 Å². The monoisotopic (exact) mass is 270 g/mol. The van der Waals surface area contributed by atoms with E-state index < -0.39 is 17.6 Å². The zero-order valence-corrected chi connectivity index (χ0v) is 10.1. The Balaban J connectivity index is 2.05. The Hall–Kier alpha value is -1.56. The summed E-state index contributed by atoms with van der Waals surface area (Å²) in [6, 6.07) is 3.48. The molecule has 0 bridgehead atoms. The van der Waals surface area contributed by atoms with Gasteiger partial charge in [0.1, 0.15) is 0 Å². The number of nitrogens with one attached hydrogen (secondary N) is 2. The summed E-state index contributed by atoms with van der Waals surface area (Å²) < 4.78 is 38.0. The van der Waals surface area contributed by atoms with Crippen LogP contribution in [0.5, 0.6) is 0 Å². The normalized spacial score (nSPS) is 26.4. The molecule has 19 heavy (non-hydrogen) atoms. The molecule has 0 radical (unpaired) electrons. The molecule has 6 heteroatoms. The molecule has 3 nitrogen and oxygen atoms in total. The molecule has 0 spiro atoms. The second kappa shape index (κ2) is 4.23. The van der Waals surface area contributed by atoms with Crippen molar-refractivity contribution in [2.45, 2.75) is 24.6 Å². The molecule has 1 aromatic carbocycles. The summed E-state index contributed by atoms with van der Waals surface area (Å²) >= 11 is 0. The van der Waals surface area contributed by atoms with E-state index in [0.29, 0.717) is 12.1 Å². The topological polar surface area (TPSA) is 41.1 Å². The Morgan fingerprint density at radius 2 is 2.05 bits per heavy atom. The van der Waals surface area contributed by atoms with Gasteiger partial charge >= 0.3 is 6.18 Å². The van der Waals surface area contributed by atoms with E-state index in [0.717, 1.165) is 25.1 Å². The number of halogens is 3. The highest BCUT2D eigenvalue weighted by molar-refractivity contribution is 5.97. The number of benzene rings is 1. The van der Waals surface area contributed by atoms with Gasteiger partial charge in [-0.05, 0) is 30.7 Å². The van der Waals surface area contributed by atoms with Gasteiger partial charge in [-0.1, -0.05) is 6.07 Å². The van der Waals surface area contributed by atoms with Crippen molar-refractivity contribution in [3.8, 4) is 0 Å². The number of piperidine rings is 1. The maximum absolute atomic E-state index is 12.7. The fraction of sp³-hybridized carbons (Fsp3) is 0.462. The highest BCUT2D eigenvalue weighted by Gasteiger charge is 2.38. The molecule has 2 N–H and O–H groups in total. The highest BCUT2D eigenvalue weighted by Crippen LogP contribution is 2.35. The molecule has 3 rings (SSSR count). The number of amides is 1. The SMILES string of the molecule is O=C1N[C@H]2CCNC[C@@H]2c2ccc(C(F)(F)F)cc21. The van der Waals surface area contributed by atoms with Crippen LogP contribution in [0.1, 0.15) is 33.8 Å². The molecule has 0 aromatic heterocycles. The lowest BCUT2D eigenvalue weighted by Crippen LogP contribution is -2.51. The summed E-state index contributed by atoms with van der Waals surface area (Å²) in [5.41, 5.74) is 0.0948. The van der Waals surface area contributed by atoms with Crippen LogP contribution in [-0.2, 0) is 6.18 Å². The van der Waals surface area contributed by atoms with Crippen LogP contribution in [0.15, 0.2) is 18.2 Å². The lowest BCUT2D eigenvalue weighted by molar-refractivity contribution is -0.137. The minimum atomic E-state index is -4.42. The summed E-state index contributed by atoms with van der Waals surface area (Å²) in [5, 5.41) is 6.02. The molecule has 0 saturated carbocycles. The van der Waals surface area contributed by atoms with Gasteiger partial charge in [-0.15, -0.1) is 0 Å². The fourth-order valence-corrected chi connectivity index (χ4v) is 2.86. The maximum atomic E-state index is 12.7. The molecule has 2 heterocycles. The van der Waals surface area contributed by atoms with Gasteiger partial charge < -0.3 is 10.6 Å². The van der Waals surface area contributed by atoms with Gasteiger partial charge in [-0.2, -0.15) is 13.2 Å². The van der Waals surface area contributed by atoms with Crippen LogP contribution >= 0.6 is 0 Å². The van der Waals surface area contributed by atoms with Gasteiger partial charge in [-0.3, -0.25) is 4.79 Å². The van der Waals surface area contributed by atoms with Gasteiger partial charge in [0.25, 0.3) is 5.91 Å². The van der Waals surface area contributed by atoms with E-state index in [1.807, 2.05) is 0 Å². The van der Waals surface area contributed by atoms with Crippen molar-refractivity contribution in [2.75, 3.05) is 13.1 Å². The number of hydrogen-bond acceptors (Lipinski definition) is 2. The first-order valence-corrected chi connectivity index (χ1v) is 6.19. The Bertz CT molecular complexity index is 527. The van der Waals surface area contributed by atoms with Crippen LogP contribution in [0.2, 0.25) is 0 Å². The minimum absolute atomic E-state index is 0.0259. The van der Waals surface area contributed by atoms with E-state index in [1.54, 1.807) is 0 Å². The molecule has 2 atom stereocenters. The molecule has 2 aliphatic heterocycles. The van der Waals surface area contributed by atoms with Gasteiger partial charge in [0, 0.05) is 24.1 Å². The third-order valence-electron chi connectivity index (χ3n) is 3.82. The molecule has 0 unspecified atom stereocenters. The minimum Gasteiger partial charge on any atom is -0.349 e. The zero-order valence-electron chi connectivity index (χ0n) is 10.1. The second-order valence-electron chi connectivity index (χ2n) is 4.98. The van der Waals surface area contributed by atoms with Crippen LogP contribution in [0.3, 0.4) is 0 Å². The number of fused-ring (bicyclic) bond motifs is 3. The van der Waals surface area contributed by atoms with Crippen molar-refractivity contribution < 1.29 is 18.0 Å². The average Bonchev–Trinajstić information content (AvgIpc) is 2.37. The van der Waals surface area contributed by atoms with Crippen molar-refractivity contribution in [3.63, 3.8) is 0 Å². The Morgan fingerprint density at radius 1 is 1.26 bits per heavy atom. The summed E-state index contributed by atoms with van der Waals surface area (Å²) in [7, 11) is 0. The van der Waals surface area contributed by atoms with Gasteiger partial charge in [0.05, 0.1) is 5.56 Å². The molecular weight excluding hydrogens is 257 g/mol. The molecular formula is C13H13F3N2O. The summed E-state index contributed by atoms with van der Waals surface area (Å²) in [5.74, 6) is -0.340. The molecule has 1 fully saturated rings.